The molecule has 0 radical (unpaired) electrons. The molecule has 1 aliphatic rings. The van der Waals surface area contributed by atoms with Gasteiger partial charge in [-0.15, -0.1) is 4.70 Å². The van der Waals surface area contributed by atoms with E-state index in [0.29, 0.717) is 11.6 Å². The number of benzene rings is 2. The zero-order chi connectivity index (χ0) is 23.5. The molecule has 0 saturated heterocycles. The maximum absolute atomic E-state index is 6.38. The summed E-state index contributed by atoms with van der Waals surface area (Å²) in [6.07, 6.45) is 3.54. The molecule has 0 bridgehead atoms. The van der Waals surface area contributed by atoms with Crippen LogP contribution in [0.15, 0.2) is 89.4 Å². The fraction of sp³-hybridized carbons (Fsp3) is 0.115. The number of hydrogen-bond acceptors (Lipinski definition) is 6. The number of pyridine rings is 2. The molecule has 0 amide bonds. The lowest BCUT2D eigenvalue weighted by atomic mass is 10.1. The highest BCUT2D eigenvalue weighted by Crippen LogP contribution is 2.29. The number of hydrogen-bond donors (Lipinski definition) is 2. The molecule has 0 aliphatic carbocycles. The Balaban J connectivity index is 1.26. The number of halogens is 1. The first-order valence-electron chi connectivity index (χ1n) is 10.9. The van der Waals surface area contributed by atoms with Gasteiger partial charge in [0.15, 0.2) is 12.2 Å². The van der Waals surface area contributed by atoms with Gasteiger partial charge in [0.05, 0.1) is 21.5 Å². The third kappa shape index (κ3) is 4.79. The van der Waals surface area contributed by atoms with Crippen molar-refractivity contribution < 1.29 is 4.70 Å². The molecule has 8 heteroatoms. The van der Waals surface area contributed by atoms with Gasteiger partial charge in [-0.25, -0.2) is 0 Å². The number of rotatable bonds is 6. The largest absolute Gasteiger partial charge is 0.355 e. The number of anilines is 4. The lowest BCUT2D eigenvalue weighted by Gasteiger charge is -2.10. The minimum atomic E-state index is 0.592. The van der Waals surface area contributed by atoms with E-state index in [1.165, 1.54) is 0 Å². The van der Waals surface area contributed by atoms with E-state index in [1.54, 1.807) is 12.4 Å². The third-order valence-electron chi connectivity index (χ3n) is 5.46. The highest BCUT2D eigenvalue weighted by Gasteiger charge is 2.24. The highest BCUT2D eigenvalue weighted by molar-refractivity contribution is 6.33. The van der Waals surface area contributed by atoms with Crippen molar-refractivity contribution in [2.24, 2.45) is 10.3 Å². The van der Waals surface area contributed by atoms with Gasteiger partial charge in [0.1, 0.15) is 5.22 Å². The maximum atomic E-state index is 6.38. The predicted molar refractivity (Wildman–Crippen MR) is 136 cm³/mol. The van der Waals surface area contributed by atoms with Gasteiger partial charge in [-0.05, 0) is 68.4 Å². The molecular formula is C26H23ClN7+. The monoisotopic (exact) mass is 468 g/mol. The van der Waals surface area contributed by atoms with Crippen LogP contribution in [-0.4, -0.2) is 26.9 Å². The van der Waals surface area contributed by atoms with Crippen LogP contribution in [0.2, 0.25) is 5.02 Å². The average molecular weight is 469 g/mol. The van der Waals surface area contributed by atoms with Crippen LogP contribution in [0.5, 0.6) is 0 Å². The lowest BCUT2D eigenvalue weighted by molar-refractivity contribution is -0.492. The molecule has 5 rings (SSSR count). The Morgan fingerprint density at radius 1 is 0.824 bits per heavy atom. The molecule has 3 heterocycles. The van der Waals surface area contributed by atoms with Gasteiger partial charge in [-0.1, -0.05) is 17.7 Å². The van der Waals surface area contributed by atoms with E-state index in [0.717, 1.165) is 51.1 Å². The van der Waals surface area contributed by atoms with Crippen molar-refractivity contribution in [3.63, 3.8) is 0 Å². The minimum absolute atomic E-state index is 0.592. The molecule has 2 aromatic heterocycles. The fourth-order valence-electron chi connectivity index (χ4n) is 3.69. The van der Waals surface area contributed by atoms with E-state index in [-0.39, 0.29) is 0 Å². The summed E-state index contributed by atoms with van der Waals surface area (Å²) in [7, 11) is 0. The second kappa shape index (κ2) is 9.41. The van der Waals surface area contributed by atoms with Gasteiger partial charge in [-0.2, -0.15) is 0 Å². The maximum Gasteiger partial charge on any atom is 0.231 e. The highest BCUT2D eigenvalue weighted by atomic mass is 35.5. The summed E-state index contributed by atoms with van der Waals surface area (Å²) in [6.45, 7) is 4.45. The van der Waals surface area contributed by atoms with Crippen molar-refractivity contribution in [2.75, 3.05) is 17.2 Å². The van der Waals surface area contributed by atoms with E-state index in [4.69, 9.17) is 11.6 Å². The Labute approximate surface area is 202 Å². The van der Waals surface area contributed by atoms with Crippen LogP contribution in [0.1, 0.15) is 17.0 Å². The first-order chi connectivity index (χ1) is 16.5. The van der Waals surface area contributed by atoms with Crippen LogP contribution in [-0.2, 0) is 0 Å². The second-order valence-electron chi connectivity index (χ2n) is 8.02. The first-order valence-corrected chi connectivity index (χ1v) is 11.3. The summed E-state index contributed by atoms with van der Waals surface area (Å²) in [5.74, 6) is 0. The number of aromatic nitrogens is 2. The van der Waals surface area contributed by atoms with Crippen molar-refractivity contribution in [3.05, 3.63) is 101 Å². The molecule has 0 unspecified atom stereocenters. The van der Waals surface area contributed by atoms with Crippen molar-refractivity contribution in [1.82, 2.24) is 9.97 Å². The zero-order valence-corrected chi connectivity index (χ0v) is 19.6. The van der Waals surface area contributed by atoms with Crippen LogP contribution in [0.4, 0.5) is 28.4 Å². The summed E-state index contributed by atoms with van der Waals surface area (Å²) in [5, 5.41) is 16.2. The van der Waals surface area contributed by atoms with Crippen molar-refractivity contribution in [2.45, 2.75) is 13.8 Å². The van der Waals surface area contributed by atoms with Crippen LogP contribution in [0.3, 0.4) is 0 Å². The molecule has 0 saturated carbocycles. The Bertz CT molecular complexity index is 1410. The molecule has 168 valence electrons. The topological polar surface area (TPSA) is 77.6 Å². The van der Waals surface area contributed by atoms with Crippen molar-refractivity contribution in [3.8, 4) is 0 Å². The molecule has 4 aromatic rings. The molecule has 7 nitrogen and oxygen atoms in total. The summed E-state index contributed by atoms with van der Waals surface area (Å²) < 4.78 is 1.88. The average Bonchev–Trinajstić information content (AvgIpc) is 3.33. The van der Waals surface area contributed by atoms with E-state index in [2.05, 4.69) is 43.1 Å². The van der Waals surface area contributed by atoms with Gasteiger partial charge in [-0.3, -0.25) is 9.97 Å². The fourth-order valence-corrected chi connectivity index (χ4v) is 3.84. The van der Waals surface area contributed by atoms with Crippen LogP contribution in [0, 0.1) is 13.8 Å². The second-order valence-corrected chi connectivity index (χ2v) is 8.39. The zero-order valence-electron chi connectivity index (χ0n) is 18.8. The van der Waals surface area contributed by atoms with Gasteiger partial charge in [0, 0.05) is 46.8 Å². The predicted octanol–water partition coefficient (Wildman–Crippen LogP) is 6.75. The Morgan fingerprint density at radius 3 is 2.44 bits per heavy atom. The quantitative estimate of drug-likeness (QED) is 0.307. The van der Waals surface area contributed by atoms with Gasteiger partial charge >= 0.3 is 0 Å². The van der Waals surface area contributed by atoms with Gasteiger partial charge in [0.2, 0.25) is 5.71 Å². The molecule has 0 spiro atoms. The molecular weight excluding hydrogens is 446 g/mol. The smallest absolute Gasteiger partial charge is 0.231 e. The first kappa shape index (κ1) is 21.7. The summed E-state index contributed by atoms with van der Waals surface area (Å²) in [5.41, 5.74) is 8.40. The summed E-state index contributed by atoms with van der Waals surface area (Å²) in [4.78, 5) is 8.44. The number of nitrogens with one attached hydrogen (secondary N) is 2. The third-order valence-corrected chi connectivity index (χ3v) is 5.94. The van der Waals surface area contributed by atoms with Gasteiger partial charge in [0.25, 0.3) is 0 Å². The van der Waals surface area contributed by atoms with Crippen LogP contribution in [0.25, 0.3) is 0 Å². The normalized spacial score (nSPS) is 12.8. The Morgan fingerprint density at radius 2 is 1.62 bits per heavy atom. The Kier molecular flexibility index (Phi) is 6.01. The molecule has 0 atom stereocenters. The van der Waals surface area contributed by atoms with E-state index < -0.39 is 0 Å². The summed E-state index contributed by atoms with van der Waals surface area (Å²) in [6, 6.07) is 22.0. The van der Waals surface area contributed by atoms with Crippen LogP contribution < -0.4 is 10.6 Å². The number of aryl methyl sites for hydroxylation is 2. The van der Waals surface area contributed by atoms with Gasteiger partial charge < -0.3 is 10.6 Å². The number of nitrogens with zero attached hydrogens (tertiary/aromatic N) is 5. The van der Waals surface area contributed by atoms with Crippen molar-refractivity contribution >= 4 is 45.7 Å². The van der Waals surface area contributed by atoms with Crippen molar-refractivity contribution in [1.29, 1.82) is 0 Å². The van der Waals surface area contributed by atoms with E-state index in [1.807, 2.05) is 73.1 Å². The molecule has 0 fully saturated rings. The van der Waals surface area contributed by atoms with E-state index >= 15 is 0 Å². The molecule has 34 heavy (non-hydrogen) atoms. The van der Waals surface area contributed by atoms with Crippen LogP contribution >= 0.6 is 11.6 Å². The molecule has 2 aromatic carbocycles. The summed E-state index contributed by atoms with van der Waals surface area (Å²) >= 11 is 6.38. The molecule has 2 N–H and O–H groups in total. The lowest BCUT2D eigenvalue weighted by Crippen LogP contribution is -2.11. The Hall–Kier alpha value is -4.10. The standard InChI is InChI=1S/C26H22ClN7/c1-17-14-22(10-12-28-17)30-20-8-6-19(7-9-20)25-16-34(33-32-25)23-5-3-4-21(15-23)31-24-11-13-29-18(2)26(24)27/h3-15H,16H2,1-2H3,(H,29,31)/p+1. The minimum Gasteiger partial charge on any atom is -0.355 e. The SMILES string of the molecule is Cc1cc(Nc2ccc(C3=NN=[N+](c4cccc(Nc5ccnc(C)c5Cl)c4)C3)cc2)ccn1. The van der Waals surface area contributed by atoms with E-state index in [9.17, 15) is 0 Å². The molecule has 1 aliphatic heterocycles.